The molecule has 1 N–H and O–H groups in total. The fourth-order valence-corrected chi connectivity index (χ4v) is 2.56. The van der Waals surface area contributed by atoms with Gasteiger partial charge in [-0.2, -0.15) is 5.10 Å². The van der Waals surface area contributed by atoms with Gasteiger partial charge in [0.1, 0.15) is 0 Å². The lowest BCUT2D eigenvalue weighted by Crippen LogP contribution is -2.24. The molecule has 106 valence electrons. The molecule has 3 nitrogen and oxygen atoms in total. The first kappa shape index (κ1) is 13.6. The normalized spacial score (nSPS) is 12.2. The molecule has 0 bridgehead atoms. The standard InChI is InChI=1S/C18H19N3/c1-2-19-18(15-9-5-3-6-10-15)17-13-14-20-21(17)16-11-7-4-8-12-16/h3-14,18-19H,2H2,1H3. The lowest BCUT2D eigenvalue weighted by atomic mass is 10.0. The second-order valence-electron chi connectivity index (χ2n) is 4.90. The van der Waals surface area contributed by atoms with E-state index in [1.165, 1.54) is 5.56 Å². The van der Waals surface area contributed by atoms with Gasteiger partial charge in [-0.15, -0.1) is 0 Å². The summed E-state index contributed by atoms with van der Waals surface area (Å²) in [6.07, 6.45) is 1.86. The third-order valence-electron chi connectivity index (χ3n) is 3.51. The summed E-state index contributed by atoms with van der Waals surface area (Å²) in [5.74, 6) is 0. The quantitative estimate of drug-likeness (QED) is 0.772. The summed E-state index contributed by atoms with van der Waals surface area (Å²) in [5.41, 5.74) is 3.47. The van der Waals surface area contributed by atoms with Crippen molar-refractivity contribution in [3.8, 4) is 5.69 Å². The lowest BCUT2D eigenvalue weighted by Gasteiger charge is -2.20. The molecule has 0 fully saturated rings. The van der Waals surface area contributed by atoms with Crippen LogP contribution in [0, 0.1) is 0 Å². The predicted molar refractivity (Wildman–Crippen MR) is 85.5 cm³/mol. The van der Waals surface area contributed by atoms with Gasteiger partial charge in [0, 0.05) is 6.20 Å². The Morgan fingerprint density at radius 1 is 0.952 bits per heavy atom. The van der Waals surface area contributed by atoms with Crippen molar-refractivity contribution < 1.29 is 0 Å². The van der Waals surface area contributed by atoms with Gasteiger partial charge in [-0.1, -0.05) is 55.5 Å². The fourth-order valence-electron chi connectivity index (χ4n) is 2.56. The molecule has 3 aromatic rings. The number of nitrogens with one attached hydrogen (secondary N) is 1. The van der Waals surface area contributed by atoms with E-state index in [9.17, 15) is 0 Å². The summed E-state index contributed by atoms with van der Waals surface area (Å²) in [6, 6.07) is 22.9. The minimum absolute atomic E-state index is 0.138. The molecule has 0 radical (unpaired) electrons. The number of aromatic nitrogens is 2. The molecule has 1 atom stereocenters. The highest BCUT2D eigenvalue weighted by atomic mass is 15.3. The Labute approximate surface area is 125 Å². The summed E-state index contributed by atoms with van der Waals surface area (Å²) in [6.45, 7) is 3.03. The van der Waals surface area contributed by atoms with Crippen molar-refractivity contribution in [2.45, 2.75) is 13.0 Å². The average molecular weight is 277 g/mol. The van der Waals surface area contributed by atoms with E-state index in [2.05, 4.69) is 59.8 Å². The Morgan fingerprint density at radius 3 is 2.29 bits per heavy atom. The van der Waals surface area contributed by atoms with E-state index in [1.807, 2.05) is 35.1 Å². The third kappa shape index (κ3) is 2.88. The highest BCUT2D eigenvalue weighted by Gasteiger charge is 2.17. The van der Waals surface area contributed by atoms with Gasteiger partial charge in [0.15, 0.2) is 0 Å². The zero-order valence-corrected chi connectivity index (χ0v) is 12.1. The van der Waals surface area contributed by atoms with Crippen LogP contribution in [0.3, 0.4) is 0 Å². The maximum Gasteiger partial charge on any atom is 0.0752 e. The Hall–Kier alpha value is -2.39. The summed E-state index contributed by atoms with van der Waals surface area (Å²) >= 11 is 0. The molecule has 0 saturated heterocycles. The van der Waals surface area contributed by atoms with Crippen molar-refractivity contribution in [2.75, 3.05) is 6.54 Å². The molecule has 0 aliphatic rings. The van der Waals surface area contributed by atoms with E-state index in [4.69, 9.17) is 0 Å². The number of para-hydroxylation sites is 1. The number of hydrogen-bond acceptors (Lipinski definition) is 2. The van der Waals surface area contributed by atoms with E-state index in [0.29, 0.717) is 0 Å². The van der Waals surface area contributed by atoms with Crippen LogP contribution >= 0.6 is 0 Å². The molecule has 1 aromatic heterocycles. The van der Waals surface area contributed by atoms with Crippen LogP contribution in [0.1, 0.15) is 24.2 Å². The Kier molecular flexibility index (Phi) is 4.12. The van der Waals surface area contributed by atoms with Crippen LogP contribution in [0.2, 0.25) is 0 Å². The number of benzene rings is 2. The maximum atomic E-state index is 4.49. The highest BCUT2D eigenvalue weighted by Crippen LogP contribution is 2.23. The van der Waals surface area contributed by atoms with Gasteiger partial charge < -0.3 is 5.32 Å². The molecule has 0 saturated carbocycles. The third-order valence-corrected chi connectivity index (χ3v) is 3.51. The SMILES string of the molecule is CCNC(c1ccccc1)c1ccnn1-c1ccccc1. The van der Waals surface area contributed by atoms with Crippen molar-refractivity contribution >= 4 is 0 Å². The largest absolute Gasteiger partial charge is 0.305 e. The molecule has 3 rings (SSSR count). The van der Waals surface area contributed by atoms with Crippen molar-refractivity contribution in [2.24, 2.45) is 0 Å². The summed E-state index contributed by atoms with van der Waals surface area (Å²) in [4.78, 5) is 0. The molecule has 0 aliphatic carbocycles. The van der Waals surface area contributed by atoms with Crippen LogP contribution in [0.4, 0.5) is 0 Å². The first-order valence-corrected chi connectivity index (χ1v) is 7.28. The molecular weight excluding hydrogens is 258 g/mol. The zero-order chi connectivity index (χ0) is 14.5. The van der Waals surface area contributed by atoms with Gasteiger partial charge in [0.2, 0.25) is 0 Å². The van der Waals surface area contributed by atoms with Crippen molar-refractivity contribution in [1.82, 2.24) is 15.1 Å². The molecule has 0 spiro atoms. The first-order valence-electron chi connectivity index (χ1n) is 7.28. The minimum Gasteiger partial charge on any atom is -0.305 e. The molecule has 2 aromatic carbocycles. The molecule has 0 aliphatic heterocycles. The monoisotopic (exact) mass is 277 g/mol. The van der Waals surface area contributed by atoms with Crippen LogP contribution in [-0.2, 0) is 0 Å². The van der Waals surface area contributed by atoms with E-state index < -0.39 is 0 Å². The van der Waals surface area contributed by atoms with E-state index >= 15 is 0 Å². The first-order chi connectivity index (χ1) is 10.4. The Morgan fingerprint density at radius 2 is 1.62 bits per heavy atom. The van der Waals surface area contributed by atoms with E-state index in [0.717, 1.165) is 17.9 Å². The minimum atomic E-state index is 0.138. The summed E-state index contributed by atoms with van der Waals surface area (Å²) in [5, 5.41) is 8.04. The fraction of sp³-hybridized carbons (Fsp3) is 0.167. The predicted octanol–water partition coefficient (Wildman–Crippen LogP) is 3.57. The highest BCUT2D eigenvalue weighted by molar-refractivity contribution is 5.36. The van der Waals surface area contributed by atoms with Gasteiger partial charge in [-0.05, 0) is 30.3 Å². The van der Waals surface area contributed by atoms with Crippen LogP contribution in [0.15, 0.2) is 72.9 Å². The van der Waals surface area contributed by atoms with Gasteiger partial charge in [-0.25, -0.2) is 4.68 Å². The molecule has 1 unspecified atom stereocenters. The van der Waals surface area contributed by atoms with Crippen LogP contribution in [-0.4, -0.2) is 16.3 Å². The number of hydrogen-bond donors (Lipinski definition) is 1. The molecule has 0 amide bonds. The smallest absolute Gasteiger partial charge is 0.0752 e. The van der Waals surface area contributed by atoms with Gasteiger partial charge in [-0.3, -0.25) is 0 Å². The molecule has 1 heterocycles. The zero-order valence-electron chi connectivity index (χ0n) is 12.1. The second kappa shape index (κ2) is 6.37. The van der Waals surface area contributed by atoms with Gasteiger partial charge in [0.25, 0.3) is 0 Å². The average Bonchev–Trinajstić information content (AvgIpc) is 3.03. The maximum absolute atomic E-state index is 4.49. The van der Waals surface area contributed by atoms with Crippen LogP contribution in [0.5, 0.6) is 0 Å². The summed E-state index contributed by atoms with van der Waals surface area (Å²) < 4.78 is 2.00. The van der Waals surface area contributed by atoms with Crippen molar-refractivity contribution in [3.63, 3.8) is 0 Å². The Balaban J connectivity index is 2.04. The lowest BCUT2D eigenvalue weighted by molar-refractivity contribution is 0.594. The summed E-state index contributed by atoms with van der Waals surface area (Å²) in [7, 11) is 0. The van der Waals surface area contributed by atoms with Crippen LogP contribution in [0.25, 0.3) is 5.69 Å². The van der Waals surface area contributed by atoms with E-state index in [-0.39, 0.29) is 6.04 Å². The Bertz CT molecular complexity index is 674. The number of nitrogens with zero attached hydrogens (tertiary/aromatic N) is 2. The topological polar surface area (TPSA) is 29.9 Å². The van der Waals surface area contributed by atoms with E-state index in [1.54, 1.807) is 0 Å². The molecule has 21 heavy (non-hydrogen) atoms. The van der Waals surface area contributed by atoms with Gasteiger partial charge in [0.05, 0.1) is 17.4 Å². The molecular formula is C18H19N3. The number of rotatable bonds is 5. The second-order valence-corrected chi connectivity index (χ2v) is 4.90. The van der Waals surface area contributed by atoms with Gasteiger partial charge >= 0.3 is 0 Å². The van der Waals surface area contributed by atoms with Crippen molar-refractivity contribution in [1.29, 1.82) is 0 Å². The van der Waals surface area contributed by atoms with Crippen molar-refractivity contribution in [3.05, 3.63) is 84.2 Å². The molecule has 3 heteroatoms. The van der Waals surface area contributed by atoms with Crippen LogP contribution < -0.4 is 5.32 Å².